The Bertz CT molecular complexity index is 428. The summed E-state index contributed by atoms with van der Waals surface area (Å²) >= 11 is 2.00. The summed E-state index contributed by atoms with van der Waals surface area (Å²) in [4.78, 5) is 0. The predicted octanol–water partition coefficient (Wildman–Crippen LogP) is 2.94. The Labute approximate surface area is 119 Å². The summed E-state index contributed by atoms with van der Waals surface area (Å²) in [6.07, 6.45) is 6.46. The third-order valence-electron chi connectivity index (χ3n) is 3.10. The second kappa shape index (κ2) is 7.46. The fourth-order valence-electron chi connectivity index (χ4n) is 2.06. The Morgan fingerprint density at radius 2 is 2.11 bits per heavy atom. The van der Waals surface area contributed by atoms with Gasteiger partial charge >= 0.3 is 0 Å². The summed E-state index contributed by atoms with van der Waals surface area (Å²) in [6.45, 7) is 0.542. The Kier molecular flexibility index (Phi) is 5.61. The molecule has 0 amide bonds. The summed E-state index contributed by atoms with van der Waals surface area (Å²) in [6, 6.07) is 6.00. The van der Waals surface area contributed by atoms with Gasteiger partial charge in [-0.2, -0.15) is 11.8 Å². The van der Waals surface area contributed by atoms with Crippen LogP contribution in [0.1, 0.15) is 18.4 Å². The number of hydrogen-bond acceptors (Lipinski definition) is 4. The molecule has 19 heavy (non-hydrogen) atoms. The van der Waals surface area contributed by atoms with Crippen LogP contribution in [0.2, 0.25) is 0 Å². The van der Waals surface area contributed by atoms with Gasteiger partial charge in [0.15, 0.2) is 11.5 Å². The van der Waals surface area contributed by atoms with Crippen molar-refractivity contribution in [1.82, 2.24) is 0 Å². The fourth-order valence-corrected chi connectivity index (χ4v) is 3.13. The van der Waals surface area contributed by atoms with Crippen LogP contribution in [0.25, 0.3) is 6.08 Å². The van der Waals surface area contributed by atoms with E-state index in [4.69, 9.17) is 15.2 Å². The van der Waals surface area contributed by atoms with Gasteiger partial charge in [-0.3, -0.25) is 0 Å². The molecule has 0 saturated carbocycles. The molecule has 0 aliphatic carbocycles. The summed E-state index contributed by atoms with van der Waals surface area (Å²) in [7, 11) is 1.68. The normalized spacial score (nSPS) is 16.7. The van der Waals surface area contributed by atoms with Gasteiger partial charge in [-0.05, 0) is 42.0 Å². The molecule has 1 aromatic rings. The molecular weight excluding hydrogens is 258 g/mol. The van der Waals surface area contributed by atoms with E-state index in [0.29, 0.717) is 12.6 Å². The molecule has 0 radical (unpaired) electrons. The lowest BCUT2D eigenvalue weighted by Gasteiger charge is -2.23. The fraction of sp³-hybridized carbons (Fsp3) is 0.467. The zero-order valence-electron chi connectivity index (χ0n) is 11.3. The Morgan fingerprint density at radius 1 is 1.32 bits per heavy atom. The second-order valence-corrected chi connectivity index (χ2v) is 5.70. The molecule has 1 heterocycles. The van der Waals surface area contributed by atoms with Crippen molar-refractivity contribution in [1.29, 1.82) is 0 Å². The maximum atomic E-state index is 6.05. The van der Waals surface area contributed by atoms with E-state index in [2.05, 4.69) is 0 Å². The average molecular weight is 279 g/mol. The van der Waals surface area contributed by atoms with Gasteiger partial charge in [-0.1, -0.05) is 18.2 Å². The van der Waals surface area contributed by atoms with Gasteiger partial charge in [0, 0.05) is 6.54 Å². The van der Waals surface area contributed by atoms with Crippen LogP contribution in [0.4, 0.5) is 0 Å². The van der Waals surface area contributed by atoms with Gasteiger partial charge < -0.3 is 15.2 Å². The maximum absolute atomic E-state index is 6.05. The Morgan fingerprint density at radius 3 is 2.79 bits per heavy atom. The van der Waals surface area contributed by atoms with E-state index >= 15 is 0 Å². The zero-order chi connectivity index (χ0) is 13.5. The molecule has 1 aliphatic rings. The molecule has 2 rings (SSSR count). The number of thioether (sulfide) groups is 1. The Balaban J connectivity index is 2.08. The lowest BCUT2D eigenvalue weighted by atomic mass is 10.1. The van der Waals surface area contributed by atoms with Gasteiger partial charge in [-0.25, -0.2) is 0 Å². The van der Waals surface area contributed by atoms with E-state index in [1.54, 1.807) is 7.11 Å². The molecule has 1 saturated heterocycles. The van der Waals surface area contributed by atoms with Crippen LogP contribution in [0.3, 0.4) is 0 Å². The highest BCUT2D eigenvalue weighted by molar-refractivity contribution is 7.99. The minimum Gasteiger partial charge on any atom is -0.493 e. The first-order valence-corrected chi connectivity index (χ1v) is 7.78. The van der Waals surface area contributed by atoms with Gasteiger partial charge in [-0.15, -0.1) is 0 Å². The molecule has 0 spiro atoms. The molecule has 3 nitrogen and oxygen atoms in total. The number of rotatable bonds is 5. The first kappa shape index (κ1) is 14.3. The van der Waals surface area contributed by atoms with Crippen molar-refractivity contribution in [3.8, 4) is 11.5 Å². The van der Waals surface area contributed by atoms with Gasteiger partial charge in [0.25, 0.3) is 0 Å². The van der Waals surface area contributed by atoms with Crippen LogP contribution < -0.4 is 15.2 Å². The van der Waals surface area contributed by atoms with E-state index in [9.17, 15) is 0 Å². The van der Waals surface area contributed by atoms with E-state index in [-0.39, 0.29) is 0 Å². The third-order valence-corrected chi connectivity index (χ3v) is 4.14. The van der Waals surface area contributed by atoms with E-state index < -0.39 is 0 Å². The standard InChI is InChI=1S/C15H21NO2S/c1-17-15-11-12(3-2-8-16)4-5-14(15)18-13-6-9-19-10-7-13/h2-5,11,13H,6-10,16H2,1H3/b3-2+. The molecule has 1 fully saturated rings. The van der Waals surface area contributed by atoms with Crippen molar-refractivity contribution < 1.29 is 9.47 Å². The van der Waals surface area contributed by atoms with Crippen molar-refractivity contribution >= 4 is 17.8 Å². The number of hydrogen-bond donors (Lipinski definition) is 1. The molecule has 1 aromatic carbocycles. The molecule has 0 bridgehead atoms. The maximum Gasteiger partial charge on any atom is 0.161 e. The minimum atomic E-state index is 0.320. The van der Waals surface area contributed by atoms with Crippen molar-refractivity contribution in [3.05, 3.63) is 29.8 Å². The monoisotopic (exact) mass is 279 g/mol. The van der Waals surface area contributed by atoms with Crippen LogP contribution in [0, 0.1) is 0 Å². The number of benzene rings is 1. The van der Waals surface area contributed by atoms with Crippen LogP contribution >= 0.6 is 11.8 Å². The lowest BCUT2D eigenvalue weighted by Crippen LogP contribution is -2.22. The highest BCUT2D eigenvalue weighted by Crippen LogP contribution is 2.31. The van der Waals surface area contributed by atoms with Crippen molar-refractivity contribution in [2.75, 3.05) is 25.2 Å². The van der Waals surface area contributed by atoms with Crippen LogP contribution in [-0.2, 0) is 0 Å². The quantitative estimate of drug-likeness (QED) is 0.900. The zero-order valence-corrected chi connectivity index (χ0v) is 12.1. The lowest BCUT2D eigenvalue weighted by molar-refractivity contribution is 0.184. The molecule has 104 valence electrons. The van der Waals surface area contributed by atoms with Crippen molar-refractivity contribution in [2.24, 2.45) is 5.73 Å². The first-order chi connectivity index (χ1) is 9.33. The van der Waals surface area contributed by atoms with Gasteiger partial charge in [0.2, 0.25) is 0 Å². The van der Waals surface area contributed by atoms with Crippen LogP contribution in [0.5, 0.6) is 11.5 Å². The molecule has 0 atom stereocenters. The molecular formula is C15H21NO2S. The van der Waals surface area contributed by atoms with E-state index in [0.717, 1.165) is 29.9 Å². The van der Waals surface area contributed by atoms with Gasteiger partial charge in [0.1, 0.15) is 6.10 Å². The van der Waals surface area contributed by atoms with Crippen LogP contribution in [0.15, 0.2) is 24.3 Å². The van der Waals surface area contributed by atoms with Gasteiger partial charge in [0.05, 0.1) is 7.11 Å². The summed E-state index contributed by atoms with van der Waals surface area (Å²) in [5.74, 6) is 4.00. The average Bonchev–Trinajstić information content (AvgIpc) is 2.47. The van der Waals surface area contributed by atoms with Crippen molar-refractivity contribution in [2.45, 2.75) is 18.9 Å². The molecule has 0 unspecified atom stereocenters. The molecule has 1 aliphatic heterocycles. The minimum absolute atomic E-state index is 0.320. The second-order valence-electron chi connectivity index (χ2n) is 4.48. The van der Waals surface area contributed by atoms with Crippen LogP contribution in [-0.4, -0.2) is 31.3 Å². The molecule has 4 heteroatoms. The SMILES string of the molecule is COc1cc(/C=C/CN)ccc1OC1CCSCC1. The van der Waals surface area contributed by atoms with E-state index in [1.807, 2.05) is 42.1 Å². The number of nitrogens with two attached hydrogens (primary N) is 1. The largest absolute Gasteiger partial charge is 0.493 e. The predicted molar refractivity (Wildman–Crippen MR) is 82.1 cm³/mol. The first-order valence-electron chi connectivity index (χ1n) is 6.62. The smallest absolute Gasteiger partial charge is 0.161 e. The number of ether oxygens (including phenoxy) is 2. The summed E-state index contributed by atoms with van der Waals surface area (Å²) in [5.41, 5.74) is 6.53. The summed E-state index contributed by atoms with van der Waals surface area (Å²) in [5, 5.41) is 0. The Hall–Kier alpha value is -1.13. The highest BCUT2D eigenvalue weighted by atomic mass is 32.2. The van der Waals surface area contributed by atoms with Crippen molar-refractivity contribution in [3.63, 3.8) is 0 Å². The topological polar surface area (TPSA) is 44.5 Å². The highest BCUT2D eigenvalue weighted by Gasteiger charge is 2.17. The molecule has 2 N–H and O–H groups in total. The van der Waals surface area contributed by atoms with E-state index in [1.165, 1.54) is 11.5 Å². The molecule has 0 aromatic heterocycles. The number of methoxy groups -OCH3 is 1. The third kappa shape index (κ3) is 4.18. The summed E-state index contributed by atoms with van der Waals surface area (Å²) < 4.78 is 11.5.